The molecule has 2 rings (SSSR count). The molecule has 5 nitrogen and oxygen atoms in total. The standard InChI is InChI=1S/C12H14ClN3O2S/c1-8-7-11(9(2)6-10(8)13)19(17,18)15-12-4-5-14-16(12)3/h4-7,15H,1-3H3. The van der Waals surface area contributed by atoms with E-state index in [4.69, 9.17) is 11.6 Å². The van der Waals surface area contributed by atoms with E-state index in [-0.39, 0.29) is 4.90 Å². The second-order valence-corrected chi connectivity index (χ2v) is 6.37. The van der Waals surface area contributed by atoms with Crippen molar-refractivity contribution in [2.45, 2.75) is 18.7 Å². The number of aromatic nitrogens is 2. The van der Waals surface area contributed by atoms with Gasteiger partial charge >= 0.3 is 0 Å². The molecule has 1 aromatic heterocycles. The molecule has 7 heteroatoms. The second-order valence-electron chi connectivity index (χ2n) is 4.31. The normalized spacial score (nSPS) is 11.6. The molecule has 0 bridgehead atoms. The van der Waals surface area contributed by atoms with Crippen LogP contribution in [0.2, 0.25) is 5.02 Å². The van der Waals surface area contributed by atoms with Gasteiger partial charge in [-0.3, -0.25) is 9.40 Å². The van der Waals surface area contributed by atoms with Crippen LogP contribution in [0.1, 0.15) is 11.1 Å². The molecular formula is C12H14ClN3O2S. The average molecular weight is 300 g/mol. The van der Waals surface area contributed by atoms with Crippen LogP contribution in [0.25, 0.3) is 0 Å². The van der Waals surface area contributed by atoms with E-state index in [0.717, 1.165) is 5.56 Å². The lowest BCUT2D eigenvalue weighted by molar-refractivity contribution is 0.599. The van der Waals surface area contributed by atoms with E-state index in [2.05, 4.69) is 9.82 Å². The van der Waals surface area contributed by atoms with Gasteiger partial charge in [-0.05, 0) is 37.1 Å². The predicted octanol–water partition coefficient (Wildman–Crippen LogP) is 2.49. The van der Waals surface area contributed by atoms with Crippen LogP contribution in [-0.4, -0.2) is 18.2 Å². The van der Waals surface area contributed by atoms with E-state index >= 15 is 0 Å². The number of sulfonamides is 1. The van der Waals surface area contributed by atoms with Gasteiger partial charge in [-0.15, -0.1) is 0 Å². The summed E-state index contributed by atoms with van der Waals surface area (Å²) in [5, 5.41) is 4.47. The third kappa shape index (κ3) is 2.74. The first-order chi connectivity index (χ1) is 8.81. The maximum Gasteiger partial charge on any atom is 0.263 e. The Hall–Kier alpha value is -1.53. The van der Waals surface area contributed by atoms with E-state index < -0.39 is 10.0 Å². The molecule has 0 aliphatic rings. The number of nitrogens with zero attached hydrogens (tertiary/aromatic N) is 2. The SMILES string of the molecule is Cc1cc(S(=O)(=O)Nc2ccnn2C)c(C)cc1Cl. The Morgan fingerprint density at radius 3 is 2.53 bits per heavy atom. The summed E-state index contributed by atoms with van der Waals surface area (Å²) in [5.41, 5.74) is 1.32. The summed E-state index contributed by atoms with van der Waals surface area (Å²) in [5.74, 6) is 0.409. The summed E-state index contributed by atoms with van der Waals surface area (Å²) in [4.78, 5) is 0.218. The van der Waals surface area contributed by atoms with Gasteiger partial charge in [-0.2, -0.15) is 5.10 Å². The van der Waals surface area contributed by atoms with Crippen molar-refractivity contribution >= 4 is 27.4 Å². The van der Waals surface area contributed by atoms with Gasteiger partial charge in [0.2, 0.25) is 0 Å². The first-order valence-corrected chi connectivity index (χ1v) is 7.45. The minimum absolute atomic E-state index is 0.218. The smallest absolute Gasteiger partial charge is 0.263 e. The molecule has 1 N–H and O–H groups in total. The van der Waals surface area contributed by atoms with Crippen molar-refractivity contribution in [3.8, 4) is 0 Å². The van der Waals surface area contributed by atoms with Gasteiger partial charge in [0.05, 0.1) is 11.1 Å². The van der Waals surface area contributed by atoms with E-state index in [0.29, 0.717) is 16.4 Å². The molecule has 0 amide bonds. The highest BCUT2D eigenvalue weighted by molar-refractivity contribution is 7.92. The Morgan fingerprint density at radius 2 is 1.95 bits per heavy atom. The van der Waals surface area contributed by atoms with E-state index in [9.17, 15) is 8.42 Å². The maximum absolute atomic E-state index is 12.3. The van der Waals surface area contributed by atoms with Gasteiger partial charge in [0.25, 0.3) is 10.0 Å². The lowest BCUT2D eigenvalue weighted by Gasteiger charge is -2.12. The van der Waals surface area contributed by atoms with Crippen molar-refractivity contribution in [3.63, 3.8) is 0 Å². The summed E-state index contributed by atoms with van der Waals surface area (Å²) in [6.07, 6.45) is 1.53. The van der Waals surface area contributed by atoms with Gasteiger partial charge in [0, 0.05) is 18.1 Å². The topological polar surface area (TPSA) is 64.0 Å². The number of anilines is 1. The zero-order valence-electron chi connectivity index (χ0n) is 10.8. The van der Waals surface area contributed by atoms with Crippen LogP contribution in [0.3, 0.4) is 0 Å². The van der Waals surface area contributed by atoms with Gasteiger partial charge in [0.1, 0.15) is 5.82 Å². The van der Waals surface area contributed by atoms with E-state index in [1.165, 1.54) is 10.9 Å². The van der Waals surface area contributed by atoms with Crippen LogP contribution in [0.15, 0.2) is 29.3 Å². The Balaban J connectivity index is 2.46. The van der Waals surface area contributed by atoms with Crippen molar-refractivity contribution in [2.75, 3.05) is 4.72 Å². The number of aryl methyl sites for hydroxylation is 3. The number of nitrogens with one attached hydrogen (secondary N) is 1. The minimum Gasteiger partial charge on any atom is -0.264 e. The molecule has 0 atom stereocenters. The zero-order chi connectivity index (χ0) is 14.2. The molecule has 0 unspecified atom stereocenters. The number of benzene rings is 1. The number of hydrogen-bond acceptors (Lipinski definition) is 3. The summed E-state index contributed by atoms with van der Waals surface area (Å²) in [6, 6.07) is 4.81. The molecule has 0 radical (unpaired) electrons. The van der Waals surface area contributed by atoms with E-state index in [1.54, 1.807) is 39.1 Å². The largest absolute Gasteiger partial charge is 0.264 e. The van der Waals surface area contributed by atoms with Crippen molar-refractivity contribution in [1.29, 1.82) is 0 Å². The van der Waals surface area contributed by atoms with Crippen molar-refractivity contribution in [1.82, 2.24) is 9.78 Å². The molecule has 1 aromatic carbocycles. The van der Waals surface area contributed by atoms with Crippen LogP contribution in [0.4, 0.5) is 5.82 Å². The van der Waals surface area contributed by atoms with Crippen LogP contribution >= 0.6 is 11.6 Å². The minimum atomic E-state index is -3.65. The monoisotopic (exact) mass is 299 g/mol. The molecule has 0 spiro atoms. The Labute approximate surface area is 117 Å². The fraction of sp³-hybridized carbons (Fsp3) is 0.250. The van der Waals surface area contributed by atoms with Crippen LogP contribution in [0.5, 0.6) is 0 Å². The molecule has 2 aromatic rings. The van der Waals surface area contributed by atoms with Gasteiger partial charge in [-0.25, -0.2) is 8.42 Å². The fourth-order valence-electron chi connectivity index (χ4n) is 1.71. The Bertz CT molecular complexity index is 723. The molecular weight excluding hydrogens is 286 g/mol. The maximum atomic E-state index is 12.3. The number of halogens is 1. The second kappa shape index (κ2) is 4.86. The Morgan fingerprint density at radius 1 is 1.26 bits per heavy atom. The summed E-state index contributed by atoms with van der Waals surface area (Å²) in [6.45, 7) is 3.48. The number of hydrogen-bond donors (Lipinski definition) is 1. The van der Waals surface area contributed by atoms with Crippen molar-refractivity contribution < 1.29 is 8.42 Å². The molecule has 102 valence electrons. The van der Waals surface area contributed by atoms with Crippen LogP contribution < -0.4 is 4.72 Å². The number of rotatable bonds is 3. The van der Waals surface area contributed by atoms with Gasteiger partial charge in [0.15, 0.2) is 0 Å². The van der Waals surface area contributed by atoms with Crippen LogP contribution in [-0.2, 0) is 17.1 Å². The highest BCUT2D eigenvalue weighted by Gasteiger charge is 2.19. The molecule has 19 heavy (non-hydrogen) atoms. The first-order valence-electron chi connectivity index (χ1n) is 5.59. The third-order valence-electron chi connectivity index (χ3n) is 2.81. The molecule has 0 fully saturated rings. The summed E-state index contributed by atoms with van der Waals surface area (Å²) >= 11 is 5.97. The lowest BCUT2D eigenvalue weighted by atomic mass is 10.2. The van der Waals surface area contributed by atoms with Gasteiger partial charge in [-0.1, -0.05) is 11.6 Å². The predicted molar refractivity (Wildman–Crippen MR) is 74.9 cm³/mol. The van der Waals surface area contributed by atoms with Crippen molar-refractivity contribution in [3.05, 3.63) is 40.5 Å². The first kappa shape index (κ1) is 13.9. The summed E-state index contributed by atoms with van der Waals surface area (Å²) < 4.78 is 28.6. The molecule has 0 saturated heterocycles. The van der Waals surface area contributed by atoms with Crippen molar-refractivity contribution in [2.24, 2.45) is 7.05 Å². The quantitative estimate of drug-likeness (QED) is 0.947. The van der Waals surface area contributed by atoms with Crippen LogP contribution in [0, 0.1) is 13.8 Å². The Kier molecular flexibility index (Phi) is 3.56. The van der Waals surface area contributed by atoms with Gasteiger partial charge < -0.3 is 0 Å². The average Bonchev–Trinajstić information content (AvgIpc) is 2.69. The molecule has 0 aliphatic heterocycles. The summed E-state index contributed by atoms with van der Waals surface area (Å²) in [7, 11) is -1.98. The molecule has 0 saturated carbocycles. The molecule has 1 heterocycles. The third-order valence-corrected chi connectivity index (χ3v) is 4.71. The molecule has 0 aliphatic carbocycles. The zero-order valence-corrected chi connectivity index (χ0v) is 12.4. The lowest BCUT2D eigenvalue weighted by Crippen LogP contribution is -2.16. The fourth-order valence-corrected chi connectivity index (χ4v) is 3.33. The highest BCUT2D eigenvalue weighted by atomic mass is 35.5. The van der Waals surface area contributed by atoms with E-state index in [1.807, 2.05) is 0 Å². The highest BCUT2D eigenvalue weighted by Crippen LogP contribution is 2.25.